The molecule has 0 amide bonds. The van der Waals surface area contributed by atoms with Crippen molar-refractivity contribution in [3.8, 4) is 56.3 Å². The van der Waals surface area contributed by atoms with Gasteiger partial charge in [-0.2, -0.15) is 0 Å². The van der Waals surface area contributed by atoms with E-state index in [0.717, 1.165) is 59.7 Å². The van der Waals surface area contributed by atoms with E-state index in [2.05, 4.69) is 388 Å². The molecule has 0 N–H and O–H groups in total. The molecule has 0 aliphatic rings. The number of fused-ring (bicyclic) bond motifs is 15. The molecule has 15 heteroatoms. The van der Waals surface area contributed by atoms with E-state index in [1.54, 1.807) is 0 Å². The molecule has 10 aromatic heterocycles. The van der Waals surface area contributed by atoms with E-state index in [1.807, 2.05) is 88.3 Å². The van der Waals surface area contributed by atoms with Crippen molar-refractivity contribution >= 4 is 158 Å². The smallest absolute Gasteiger partial charge is 0.231 e. The van der Waals surface area contributed by atoms with Crippen LogP contribution in [0.4, 0.5) is 0 Å². The molecule has 0 radical (unpaired) electrons. The molecule has 0 spiro atoms. The molecule has 127 heavy (non-hydrogen) atoms. The van der Waals surface area contributed by atoms with Crippen LogP contribution in [0.3, 0.4) is 0 Å². The molecule has 10 nitrogen and oxygen atoms in total. The summed E-state index contributed by atoms with van der Waals surface area (Å²) in [5.74, 6) is 1.96. The lowest BCUT2D eigenvalue weighted by Gasteiger charge is -2.18. The molecule has 0 saturated carbocycles. The van der Waals surface area contributed by atoms with E-state index in [-0.39, 0.29) is 5.41 Å². The van der Waals surface area contributed by atoms with Crippen molar-refractivity contribution in [3.63, 3.8) is 0 Å². The minimum atomic E-state index is 0.265. The number of thiophene rings is 5. The van der Waals surface area contributed by atoms with Crippen LogP contribution in [0.5, 0.6) is 0 Å². The zero-order valence-electron chi connectivity index (χ0n) is 77.9. The van der Waals surface area contributed by atoms with Crippen molar-refractivity contribution in [2.24, 2.45) is 63.8 Å². The third-order valence-corrected chi connectivity index (χ3v) is 29.6. The van der Waals surface area contributed by atoms with Gasteiger partial charge >= 0.3 is 0 Å². The monoisotopic (exact) mass is 1760 g/mol. The Labute approximate surface area is 769 Å². The lowest BCUT2D eigenvalue weighted by molar-refractivity contribution is -0.662. The van der Waals surface area contributed by atoms with Crippen LogP contribution < -0.4 is 22.8 Å². The fraction of sp³-hybridized carbons (Fsp3) is 0.286. The number of aryl methyl sites for hydroxylation is 10. The normalized spacial score (nSPS) is 11.9. The minimum absolute atomic E-state index is 0.265. The van der Waals surface area contributed by atoms with Gasteiger partial charge in [-0.15, -0.1) is 56.7 Å². The number of hydrogen-bond acceptors (Lipinski definition) is 10. The third-order valence-electron chi connectivity index (χ3n) is 23.7. The van der Waals surface area contributed by atoms with Crippen LogP contribution in [0.1, 0.15) is 139 Å². The maximum atomic E-state index is 4.83. The molecule has 10 heterocycles. The SMILES string of the molecule is Cc1ccc(CC(C)C)cc1-c1c2sc3ccccc3c2nc[n+]1C.Cc1ccccc1-c1c2sc3c(CC(C)(C)C)cccc3c2nc[n+]1C.Cc1ccccc1-c1c2sc3cc(CC(C)(C)C)ccc3c2nc[n+]1C.Cc1ccccc1-c1c2sc3ccc(CC(C)C)cc3c2nc[n+]1C.Cc1ccccc1-c1c2sc3cccc(CC(C)C)c3c2nc[n+]1C. The van der Waals surface area contributed by atoms with E-state index < -0.39 is 0 Å². The van der Waals surface area contributed by atoms with Gasteiger partial charge in [-0.25, -0.2) is 22.8 Å². The van der Waals surface area contributed by atoms with Crippen LogP contribution in [-0.4, -0.2) is 24.9 Å². The lowest BCUT2D eigenvalue weighted by atomic mass is 9.88. The summed E-state index contributed by atoms with van der Waals surface area (Å²) in [5, 5.41) is 6.42. The first-order valence-electron chi connectivity index (χ1n) is 44.6. The molecular formula is C112H119N10S5+5. The Morgan fingerprint density at radius 2 is 0.614 bits per heavy atom. The van der Waals surface area contributed by atoms with Gasteiger partial charge in [0.05, 0.1) is 35.2 Å². The quantitative estimate of drug-likeness (QED) is 0.107. The van der Waals surface area contributed by atoms with Crippen LogP contribution in [0, 0.1) is 63.2 Å². The predicted molar refractivity (Wildman–Crippen MR) is 544 cm³/mol. The maximum absolute atomic E-state index is 4.83. The standard InChI is InChI=1S/2C23H25N2S.3C22H23N2S/c1-15-9-6-7-11-17(15)20-22-19(24-14-25(20)5)18-12-8-10-16(21(18)26-22)13-23(2,3)4;1-15-8-6-7-9-17(15)21-22-20(24-14-25(21)5)18-11-10-16(12-19(18)26-22)13-23(2,3)4;1-14(2)12-16-9-7-11-18-19(16)20-22(25-18)21(24(4)13-23-20)17-10-6-5-8-15(17)3;1-14(2)11-16-10-9-15(3)18(12-16)21-22-20(23-13-24(21)4)17-7-5-6-8-19(17)25-22;1-14(2)11-16-9-10-19-18(12-16)20-22(25-19)21(24(4)13-23-20)17-8-6-5-7-15(17)3/h2*6-12,14H,13H2,1-5H3;5-11,13-14H,12H2,1-4H3;2*5-10,12-14H,11H2,1-4H3/q5*+1. The number of nitrogens with zero attached hydrogens (tertiary/aromatic N) is 10. The van der Waals surface area contributed by atoms with Gasteiger partial charge in [0.15, 0.2) is 28.5 Å². The topological polar surface area (TPSA) is 83.8 Å². The summed E-state index contributed by atoms with van der Waals surface area (Å²) >= 11 is 9.31. The van der Waals surface area contributed by atoms with Gasteiger partial charge in [0.25, 0.3) is 31.6 Å². The summed E-state index contributed by atoms with van der Waals surface area (Å²) < 4.78 is 23.8. The summed E-state index contributed by atoms with van der Waals surface area (Å²) in [7, 11) is 10.5. The van der Waals surface area contributed by atoms with Crippen molar-refractivity contribution in [1.29, 1.82) is 0 Å². The summed E-state index contributed by atoms with van der Waals surface area (Å²) in [6, 6.07) is 77.0. The molecule has 0 bridgehead atoms. The van der Waals surface area contributed by atoms with Gasteiger partial charge in [0.2, 0.25) is 27.6 Å². The summed E-state index contributed by atoms with van der Waals surface area (Å²) in [6.45, 7) is 38.3. The average Bonchev–Trinajstić information content (AvgIpc) is 1.63. The average molecular weight is 1770 g/mol. The third kappa shape index (κ3) is 18.9. The second-order valence-electron chi connectivity index (χ2n) is 38.3. The predicted octanol–water partition coefficient (Wildman–Crippen LogP) is 28.0. The van der Waals surface area contributed by atoms with Gasteiger partial charge < -0.3 is 0 Å². The summed E-state index contributed by atoms with van der Waals surface area (Å²) in [4.78, 5) is 23.9. The van der Waals surface area contributed by atoms with Crippen molar-refractivity contribution in [2.75, 3.05) is 0 Å². The molecule has 0 aliphatic carbocycles. The Morgan fingerprint density at radius 1 is 0.268 bits per heavy atom. The first-order valence-corrected chi connectivity index (χ1v) is 48.7. The largest absolute Gasteiger partial charge is 0.287 e. The molecule has 0 saturated heterocycles. The van der Waals surface area contributed by atoms with Crippen molar-refractivity contribution in [3.05, 3.63) is 300 Å². The number of rotatable bonds is 13. The van der Waals surface area contributed by atoms with Gasteiger partial charge in [0.1, 0.15) is 23.5 Å². The van der Waals surface area contributed by atoms with E-state index in [9.17, 15) is 0 Å². The maximum Gasteiger partial charge on any atom is 0.287 e. The van der Waals surface area contributed by atoms with E-state index in [4.69, 9.17) is 24.9 Å². The molecule has 20 aromatic rings. The fourth-order valence-corrected chi connectivity index (χ4v) is 24.4. The first kappa shape index (κ1) is 89.1. The van der Waals surface area contributed by atoms with E-state index in [0.29, 0.717) is 23.2 Å². The summed E-state index contributed by atoms with van der Waals surface area (Å²) in [6.07, 6.45) is 15.2. The van der Waals surface area contributed by atoms with Crippen molar-refractivity contribution < 1.29 is 22.8 Å². The zero-order valence-corrected chi connectivity index (χ0v) is 82.0. The highest BCUT2D eigenvalue weighted by molar-refractivity contribution is 7.28. The molecule has 642 valence electrons. The molecule has 20 rings (SSSR count). The second-order valence-corrected chi connectivity index (χ2v) is 43.6. The highest BCUT2D eigenvalue weighted by Gasteiger charge is 2.30. The molecular weight excluding hydrogens is 1650 g/mol. The first-order chi connectivity index (χ1) is 60.8. The molecule has 0 fully saturated rings. The molecule has 10 aromatic carbocycles. The highest BCUT2D eigenvalue weighted by Crippen LogP contribution is 2.46. The zero-order chi connectivity index (χ0) is 89.6. The van der Waals surface area contributed by atoms with E-state index in [1.165, 1.54) is 186 Å². The Morgan fingerprint density at radius 3 is 1.10 bits per heavy atom. The number of benzene rings is 10. The van der Waals surface area contributed by atoms with Crippen LogP contribution in [0.15, 0.2) is 244 Å². The number of hydrogen-bond donors (Lipinski definition) is 0. The lowest BCUT2D eigenvalue weighted by Crippen LogP contribution is -2.31. The van der Waals surface area contributed by atoms with Gasteiger partial charge in [-0.1, -0.05) is 241 Å². The van der Waals surface area contributed by atoms with Gasteiger partial charge in [0, 0.05) is 78.2 Å². The fourth-order valence-electron chi connectivity index (χ4n) is 18.0. The van der Waals surface area contributed by atoms with E-state index >= 15 is 0 Å². The molecule has 0 atom stereocenters. The van der Waals surface area contributed by atoms with Crippen molar-refractivity contribution in [2.45, 2.75) is 150 Å². The molecule has 0 unspecified atom stereocenters. The summed E-state index contributed by atoms with van der Waals surface area (Å²) in [5.41, 5.74) is 32.5. The number of aromatic nitrogens is 10. The van der Waals surface area contributed by atoms with Crippen LogP contribution in [0.25, 0.3) is 158 Å². The van der Waals surface area contributed by atoms with Crippen LogP contribution >= 0.6 is 56.7 Å². The Bertz CT molecular complexity index is 7520. The highest BCUT2D eigenvalue weighted by atomic mass is 32.1. The van der Waals surface area contributed by atoms with Gasteiger partial charge in [-0.3, -0.25) is 0 Å². The minimum Gasteiger partial charge on any atom is -0.231 e. The second kappa shape index (κ2) is 37.2. The van der Waals surface area contributed by atoms with Crippen LogP contribution in [0.2, 0.25) is 0 Å². The molecule has 0 aliphatic heterocycles. The Hall–Kier alpha value is -11.3. The van der Waals surface area contributed by atoms with Crippen molar-refractivity contribution in [1.82, 2.24) is 24.9 Å². The van der Waals surface area contributed by atoms with Gasteiger partial charge in [-0.05, 0) is 230 Å². The van der Waals surface area contributed by atoms with Crippen LogP contribution in [-0.2, 0) is 67.3 Å². The Kier molecular flexibility index (Phi) is 26.1. The Balaban J connectivity index is 0.000000117.